The molecule has 0 aromatic heterocycles. The monoisotopic (exact) mass is 146 g/mol. The van der Waals surface area contributed by atoms with Gasteiger partial charge in [0.1, 0.15) is 0 Å². The van der Waals surface area contributed by atoms with Gasteiger partial charge < -0.3 is 10.6 Å². The Kier molecular flexibility index (Phi) is 1.32. The van der Waals surface area contributed by atoms with E-state index in [-0.39, 0.29) is 0 Å². The second-order valence-electron chi connectivity index (χ2n) is 2.63. The van der Waals surface area contributed by atoms with Gasteiger partial charge in [0, 0.05) is 24.1 Å². The van der Waals surface area contributed by atoms with Crippen molar-refractivity contribution in [3.8, 4) is 0 Å². The molecule has 2 aliphatic rings. The van der Waals surface area contributed by atoms with Gasteiger partial charge in [-0.3, -0.25) is 0 Å². The zero-order valence-electron chi connectivity index (χ0n) is 6.20. The van der Waals surface area contributed by atoms with Gasteiger partial charge in [-0.2, -0.15) is 0 Å². The van der Waals surface area contributed by atoms with Crippen LogP contribution in [0.2, 0.25) is 0 Å². The summed E-state index contributed by atoms with van der Waals surface area (Å²) in [5.41, 5.74) is 7.67. The van der Waals surface area contributed by atoms with Gasteiger partial charge in [-0.1, -0.05) is 6.08 Å². The fraction of sp³-hybridized carbons (Fsp3) is 0.111. The fourth-order valence-corrected chi connectivity index (χ4v) is 1.22. The highest BCUT2D eigenvalue weighted by Gasteiger charge is 2.08. The van der Waals surface area contributed by atoms with Crippen molar-refractivity contribution in [2.24, 2.45) is 5.73 Å². The number of rotatable bonds is 0. The summed E-state index contributed by atoms with van der Waals surface area (Å²) in [4.78, 5) is 2.15. The Morgan fingerprint density at radius 1 is 1.36 bits per heavy atom. The van der Waals surface area contributed by atoms with E-state index in [0.717, 1.165) is 12.2 Å². The maximum Gasteiger partial charge on any atom is 0.0429 e. The normalized spacial score (nSPS) is 20.9. The van der Waals surface area contributed by atoms with Crippen LogP contribution in [0.4, 0.5) is 0 Å². The molecule has 2 heterocycles. The summed E-state index contributed by atoms with van der Waals surface area (Å²) in [6.45, 7) is 0.887. The summed E-state index contributed by atoms with van der Waals surface area (Å²) in [7, 11) is 0. The highest BCUT2D eigenvalue weighted by molar-refractivity contribution is 5.36. The largest absolute Gasteiger partial charge is 0.399 e. The van der Waals surface area contributed by atoms with Crippen molar-refractivity contribution in [2.75, 3.05) is 6.54 Å². The lowest BCUT2D eigenvalue weighted by molar-refractivity contribution is 0.520. The molecule has 2 N–H and O–H groups in total. The SMILES string of the molecule is NC1=CCN2C=CC=CC2=C1. The van der Waals surface area contributed by atoms with Gasteiger partial charge in [-0.15, -0.1) is 0 Å². The maximum atomic E-state index is 5.64. The van der Waals surface area contributed by atoms with Gasteiger partial charge >= 0.3 is 0 Å². The first-order chi connectivity index (χ1) is 5.36. The van der Waals surface area contributed by atoms with Crippen molar-refractivity contribution < 1.29 is 0 Å². The van der Waals surface area contributed by atoms with E-state index < -0.39 is 0 Å². The Morgan fingerprint density at radius 3 is 3.18 bits per heavy atom. The number of nitrogens with zero attached hydrogens (tertiary/aromatic N) is 1. The second kappa shape index (κ2) is 2.31. The van der Waals surface area contributed by atoms with E-state index in [1.165, 1.54) is 5.70 Å². The molecule has 0 amide bonds. The first-order valence-electron chi connectivity index (χ1n) is 3.65. The summed E-state index contributed by atoms with van der Waals surface area (Å²) >= 11 is 0. The van der Waals surface area contributed by atoms with Crippen LogP contribution >= 0.6 is 0 Å². The molecule has 0 bridgehead atoms. The van der Waals surface area contributed by atoms with E-state index in [2.05, 4.69) is 17.2 Å². The Labute approximate surface area is 66.0 Å². The van der Waals surface area contributed by atoms with Crippen LogP contribution in [0.5, 0.6) is 0 Å². The molecule has 0 atom stereocenters. The molecule has 0 aromatic carbocycles. The van der Waals surface area contributed by atoms with Crippen LogP contribution in [-0.4, -0.2) is 11.4 Å². The summed E-state index contributed by atoms with van der Waals surface area (Å²) < 4.78 is 0. The summed E-state index contributed by atoms with van der Waals surface area (Å²) in [5.74, 6) is 0. The number of nitrogens with two attached hydrogens (primary N) is 1. The lowest BCUT2D eigenvalue weighted by Crippen LogP contribution is -2.21. The number of fused-ring (bicyclic) bond motifs is 1. The average molecular weight is 146 g/mol. The number of hydrogen-bond donors (Lipinski definition) is 1. The van der Waals surface area contributed by atoms with Crippen LogP contribution in [0, 0.1) is 0 Å². The van der Waals surface area contributed by atoms with Crippen molar-refractivity contribution >= 4 is 0 Å². The van der Waals surface area contributed by atoms with E-state index in [9.17, 15) is 0 Å². The third-order valence-electron chi connectivity index (χ3n) is 1.81. The molecule has 0 aromatic rings. The summed E-state index contributed by atoms with van der Waals surface area (Å²) in [6, 6.07) is 0. The first kappa shape index (κ1) is 6.28. The molecule has 2 nitrogen and oxygen atoms in total. The van der Waals surface area contributed by atoms with Crippen molar-refractivity contribution in [1.82, 2.24) is 4.90 Å². The zero-order chi connectivity index (χ0) is 7.68. The van der Waals surface area contributed by atoms with Crippen LogP contribution in [0.25, 0.3) is 0 Å². The minimum atomic E-state index is 0.858. The van der Waals surface area contributed by atoms with E-state index in [1.54, 1.807) is 0 Å². The molecule has 0 spiro atoms. The Morgan fingerprint density at radius 2 is 2.27 bits per heavy atom. The molecule has 0 aliphatic carbocycles. The van der Waals surface area contributed by atoms with Crippen LogP contribution in [0.15, 0.2) is 48.0 Å². The van der Waals surface area contributed by atoms with Gasteiger partial charge in [0.15, 0.2) is 0 Å². The molecular weight excluding hydrogens is 136 g/mol. The van der Waals surface area contributed by atoms with Gasteiger partial charge in [0.2, 0.25) is 0 Å². The summed E-state index contributed by atoms with van der Waals surface area (Å²) in [6.07, 6.45) is 12.1. The van der Waals surface area contributed by atoms with Crippen LogP contribution in [-0.2, 0) is 0 Å². The van der Waals surface area contributed by atoms with Crippen molar-refractivity contribution in [2.45, 2.75) is 0 Å². The van der Waals surface area contributed by atoms with Crippen molar-refractivity contribution in [1.29, 1.82) is 0 Å². The topological polar surface area (TPSA) is 29.3 Å². The van der Waals surface area contributed by atoms with E-state index in [4.69, 9.17) is 5.73 Å². The quantitative estimate of drug-likeness (QED) is 0.554. The molecule has 0 saturated carbocycles. The van der Waals surface area contributed by atoms with Gasteiger partial charge in [0.05, 0.1) is 0 Å². The van der Waals surface area contributed by atoms with Crippen molar-refractivity contribution in [3.63, 3.8) is 0 Å². The van der Waals surface area contributed by atoms with Gasteiger partial charge in [-0.05, 0) is 24.3 Å². The van der Waals surface area contributed by atoms with Crippen LogP contribution < -0.4 is 5.73 Å². The van der Waals surface area contributed by atoms with Crippen LogP contribution in [0.1, 0.15) is 0 Å². The zero-order valence-corrected chi connectivity index (χ0v) is 6.20. The molecule has 56 valence electrons. The summed E-state index contributed by atoms with van der Waals surface area (Å²) in [5, 5.41) is 0. The van der Waals surface area contributed by atoms with E-state index in [0.29, 0.717) is 0 Å². The number of hydrogen-bond acceptors (Lipinski definition) is 2. The molecule has 2 heteroatoms. The Hall–Kier alpha value is -1.44. The first-order valence-corrected chi connectivity index (χ1v) is 3.65. The third-order valence-corrected chi connectivity index (χ3v) is 1.81. The minimum Gasteiger partial charge on any atom is -0.399 e. The molecule has 11 heavy (non-hydrogen) atoms. The molecule has 0 unspecified atom stereocenters. The molecule has 2 aliphatic heterocycles. The number of allylic oxidation sites excluding steroid dienone is 4. The highest BCUT2D eigenvalue weighted by atomic mass is 15.1. The minimum absolute atomic E-state index is 0.858. The average Bonchev–Trinajstić information content (AvgIpc) is 2.04. The second-order valence-corrected chi connectivity index (χ2v) is 2.63. The third kappa shape index (κ3) is 1.07. The molecule has 0 fully saturated rings. The Bertz CT molecular complexity index is 282. The van der Waals surface area contributed by atoms with E-state index >= 15 is 0 Å². The molecular formula is C9H10N2. The molecule has 2 rings (SSSR count). The lowest BCUT2D eigenvalue weighted by atomic mass is 10.2. The highest BCUT2D eigenvalue weighted by Crippen LogP contribution is 2.16. The molecule has 0 saturated heterocycles. The van der Waals surface area contributed by atoms with Crippen LogP contribution in [0.3, 0.4) is 0 Å². The molecule has 0 radical (unpaired) electrons. The van der Waals surface area contributed by atoms with E-state index in [1.807, 2.05) is 24.3 Å². The lowest BCUT2D eigenvalue weighted by Gasteiger charge is -2.25. The van der Waals surface area contributed by atoms with Gasteiger partial charge in [-0.25, -0.2) is 0 Å². The van der Waals surface area contributed by atoms with Gasteiger partial charge in [0.25, 0.3) is 0 Å². The predicted molar refractivity (Wildman–Crippen MR) is 45.3 cm³/mol. The Balaban J connectivity index is 2.33. The van der Waals surface area contributed by atoms with Crippen molar-refractivity contribution in [3.05, 3.63) is 48.0 Å². The standard InChI is InChI=1S/C9H10N2/c10-8-4-6-11-5-2-1-3-9(11)7-8/h1-5,7H,6,10H2. The maximum absolute atomic E-state index is 5.64. The smallest absolute Gasteiger partial charge is 0.0429 e. The predicted octanol–water partition coefficient (Wildman–Crippen LogP) is 1.11. The fourth-order valence-electron chi connectivity index (χ4n) is 1.22.